The molecular formula is C12H14N4O. The first-order valence-corrected chi connectivity index (χ1v) is 5.50. The number of hydrogen-bond acceptors (Lipinski definition) is 4. The van der Waals surface area contributed by atoms with Crippen molar-refractivity contribution in [2.24, 2.45) is 0 Å². The molecule has 0 radical (unpaired) electrons. The smallest absolute Gasteiger partial charge is 0.216 e. The molecule has 0 spiro atoms. The molecule has 0 saturated heterocycles. The third-order valence-electron chi connectivity index (χ3n) is 2.40. The van der Waals surface area contributed by atoms with Gasteiger partial charge in [-0.2, -0.15) is 5.10 Å². The molecule has 2 heterocycles. The van der Waals surface area contributed by atoms with Gasteiger partial charge in [-0.3, -0.25) is 14.5 Å². The van der Waals surface area contributed by atoms with E-state index in [0.717, 1.165) is 13.0 Å². The Labute approximate surface area is 99.3 Å². The molecule has 2 aromatic rings. The van der Waals surface area contributed by atoms with Crippen molar-refractivity contribution in [3.05, 3.63) is 42.0 Å². The number of rotatable bonds is 4. The van der Waals surface area contributed by atoms with E-state index in [1.165, 1.54) is 0 Å². The molecule has 0 atom stereocenters. The van der Waals surface area contributed by atoms with Crippen LogP contribution in [-0.4, -0.2) is 20.5 Å². The summed E-state index contributed by atoms with van der Waals surface area (Å²) in [5, 5.41) is 4.11. The second kappa shape index (κ2) is 4.78. The topological polar surface area (TPSA) is 73.8 Å². The minimum atomic E-state index is -0.189. The van der Waals surface area contributed by atoms with E-state index in [2.05, 4.69) is 17.0 Å². The number of nitrogens with two attached hydrogens (primary N) is 1. The van der Waals surface area contributed by atoms with Gasteiger partial charge in [-0.25, -0.2) is 0 Å². The fourth-order valence-corrected chi connectivity index (χ4v) is 1.58. The van der Waals surface area contributed by atoms with Gasteiger partial charge < -0.3 is 5.73 Å². The van der Waals surface area contributed by atoms with Crippen LogP contribution in [0.4, 0.5) is 5.69 Å². The van der Waals surface area contributed by atoms with E-state index in [1.54, 1.807) is 35.4 Å². The summed E-state index contributed by atoms with van der Waals surface area (Å²) in [5.74, 6) is -0.189. The van der Waals surface area contributed by atoms with Crippen LogP contribution in [0.25, 0.3) is 0 Å². The van der Waals surface area contributed by atoms with Crippen LogP contribution in [0.1, 0.15) is 29.4 Å². The van der Waals surface area contributed by atoms with Crippen LogP contribution in [0, 0.1) is 0 Å². The number of carbonyl (C=O) groups is 1. The molecule has 0 unspecified atom stereocenters. The van der Waals surface area contributed by atoms with Gasteiger partial charge in [0.15, 0.2) is 0 Å². The summed E-state index contributed by atoms with van der Waals surface area (Å²) in [4.78, 5) is 16.1. The number of nitrogens with zero attached hydrogens (tertiary/aromatic N) is 3. The highest BCUT2D eigenvalue weighted by atomic mass is 16.1. The van der Waals surface area contributed by atoms with Crippen molar-refractivity contribution >= 4 is 11.5 Å². The first-order chi connectivity index (χ1) is 8.22. The summed E-state index contributed by atoms with van der Waals surface area (Å²) in [6, 6.07) is 3.36. The Morgan fingerprint density at radius 3 is 3.06 bits per heavy atom. The Morgan fingerprint density at radius 1 is 1.53 bits per heavy atom. The van der Waals surface area contributed by atoms with E-state index in [1.807, 2.05) is 0 Å². The van der Waals surface area contributed by atoms with E-state index in [4.69, 9.17) is 5.73 Å². The molecule has 0 aliphatic heterocycles. The first-order valence-electron chi connectivity index (χ1n) is 5.50. The molecule has 5 nitrogen and oxygen atoms in total. The molecule has 2 rings (SSSR count). The maximum atomic E-state index is 12.1. The molecule has 17 heavy (non-hydrogen) atoms. The predicted molar refractivity (Wildman–Crippen MR) is 64.6 cm³/mol. The third-order valence-corrected chi connectivity index (χ3v) is 2.40. The van der Waals surface area contributed by atoms with Crippen LogP contribution < -0.4 is 5.73 Å². The summed E-state index contributed by atoms with van der Waals surface area (Å²) < 4.78 is 1.74. The highest BCUT2D eigenvalue weighted by Gasteiger charge is 2.15. The Bertz CT molecular complexity index is 533. The molecule has 0 saturated carbocycles. The lowest BCUT2D eigenvalue weighted by atomic mass is 10.1. The zero-order valence-corrected chi connectivity index (χ0v) is 9.63. The first kappa shape index (κ1) is 11.3. The minimum absolute atomic E-state index is 0.189. The van der Waals surface area contributed by atoms with Crippen LogP contribution in [0.5, 0.6) is 0 Å². The van der Waals surface area contributed by atoms with Crippen LogP contribution in [0.2, 0.25) is 0 Å². The normalized spacial score (nSPS) is 10.4. The van der Waals surface area contributed by atoms with Crippen LogP contribution in [-0.2, 0) is 6.54 Å². The fraction of sp³-hybridized carbons (Fsp3) is 0.250. The maximum Gasteiger partial charge on any atom is 0.216 e. The van der Waals surface area contributed by atoms with Gasteiger partial charge in [-0.1, -0.05) is 6.92 Å². The van der Waals surface area contributed by atoms with Crippen molar-refractivity contribution in [3.8, 4) is 0 Å². The summed E-state index contributed by atoms with van der Waals surface area (Å²) in [6.45, 7) is 2.85. The molecule has 0 amide bonds. The highest BCUT2D eigenvalue weighted by molar-refractivity contribution is 6.10. The average Bonchev–Trinajstić information content (AvgIpc) is 2.78. The summed E-state index contributed by atoms with van der Waals surface area (Å²) >= 11 is 0. The van der Waals surface area contributed by atoms with E-state index < -0.39 is 0 Å². The highest BCUT2D eigenvalue weighted by Crippen LogP contribution is 2.13. The van der Waals surface area contributed by atoms with Gasteiger partial charge >= 0.3 is 0 Å². The van der Waals surface area contributed by atoms with Crippen LogP contribution in [0.15, 0.2) is 30.7 Å². The fourth-order valence-electron chi connectivity index (χ4n) is 1.58. The molecule has 5 heteroatoms. The van der Waals surface area contributed by atoms with Gasteiger partial charge in [0.25, 0.3) is 0 Å². The number of carbonyl (C=O) groups excluding carboxylic acids is 1. The van der Waals surface area contributed by atoms with E-state index in [9.17, 15) is 4.79 Å². The summed E-state index contributed by atoms with van der Waals surface area (Å²) in [7, 11) is 0. The number of ketones is 1. The lowest BCUT2D eigenvalue weighted by Crippen LogP contribution is -2.07. The standard InChI is InChI=1S/C12H14N4O/c1-2-6-16-8-9(7-15-16)12(17)11-10(13)4-3-5-14-11/h3-5,7-8H,2,6,13H2,1H3. The van der Waals surface area contributed by atoms with Crippen LogP contribution >= 0.6 is 0 Å². The summed E-state index contributed by atoms with van der Waals surface area (Å²) in [5.41, 5.74) is 6.90. The molecule has 0 aliphatic carbocycles. The van der Waals surface area contributed by atoms with Gasteiger partial charge in [-0.15, -0.1) is 0 Å². The number of aryl methyl sites for hydroxylation is 1. The molecule has 0 fully saturated rings. The lowest BCUT2D eigenvalue weighted by Gasteiger charge is -2.00. The Kier molecular flexibility index (Phi) is 3.18. The van der Waals surface area contributed by atoms with Gasteiger partial charge in [0, 0.05) is 18.9 Å². The predicted octanol–water partition coefficient (Wildman–Crippen LogP) is 1.50. The molecule has 88 valence electrons. The van der Waals surface area contributed by atoms with Gasteiger partial charge in [0.2, 0.25) is 5.78 Å². The molecular weight excluding hydrogens is 216 g/mol. The molecule has 2 aromatic heterocycles. The average molecular weight is 230 g/mol. The van der Waals surface area contributed by atoms with Crippen molar-refractivity contribution in [3.63, 3.8) is 0 Å². The lowest BCUT2D eigenvalue weighted by molar-refractivity contribution is 0.103. The van der Waals surface area contributed by atoms with E-state index >= 15 is 0 Å². The maximum absolute atomic E-state index is 12.1. The van der Waals surface area contributed by atoms with E-state index in [-0.39, 0.29) is 11.5 Å². The van der Waals surface area contributed by atoms with Gasteiger partial charge in [0.1, 0.15) is 5.69 Å². The van der Waals surface area contributed by atoms with Crippen molar-refractivity contribution in [1.82, 2.24) is 14.8 Å². The monoisotopic (exact) mass is 230 g/mol. The molecule has 0 aliphatic rings. The number of hydrogen-bond donors (Lipinski definition) is 1. The van der Waals surface area contributed by atoms with Crippen molar-refractivity contribution in [2.75, 3.05) is 5.73 Å². The molecule has 0 aromatic carbocycles. The number of pyridine rings is 1. The van der Waals surface area contributed by atoms with E-state index in [0.29, 0.717) is 11.3 Å². The van der Waals surface area contributed by atoms with Crippen molar-refractivity contribution in [1.29, 1.82) is 0 Å². The number of nitrogen functional groups attached to an aromatic ring is 1. The number of aromatic nitrogens is 3. The van der Waals surface area contributed by atoms with Gasteiger partial charge in [0.05, 0.1) is 17.4 Å². The SMILES string of the molecule is CCCn1cc(C(=O)c2ncccc2N)cn1. The number of anilines is 1. The quantitative estimate of drug-likeness (QED) is 0.808. The largest absolute Gasteiger partial charge is 0.397 e. The second-order valence-electron chi connectivity index (χ2n) is 3.76. The third kappa shape index (κ3) is 2.33. The Balaban J connectivity index is 2.28. The van der Waals surface area contributed by atoms with Crippen LogP contribution in [0.3, 0.4) is 0 Å². The van der Waals surface area contributed by atoms with Gasteiger partial charge in [-0.05, 0) is 18.6 Å². The zero-order chi connectivity index (χ0) is 12.3. The van der Waals surface area contributed by atoms with Crippen molar-refractivity contribution < 1.29 is 4.79 Å². The molecule has 2 N–H and O–H groups in total. The Morgan fingerprint density at radius 2 is 2.35 bits per heavy atom. The Hall–Kier alpha value is -2.17. The molecule has 0 bridgehead atoms. The second-order valence-corrected chi connectivity index (χ2v) is 3.76. The zero-order valence-electron chi connectivity index (χ0n) is 9.63. The summed E-state index contributed by atoms with van der Waals surface area (Å²) in [6.07, 6.45) is 5.80. The van der Waals surface area contributed by atoms with Crippen molar-refractivity contribution in [2.45, 2.75) is 19.9 Å². The minimum Gasteiger partial charge on any atom is -0.397 e.